The Bertz CT molecular complexity index is 189. The zero-order valence-corrected chi connectivity index (χ0v) is 9.17. The third kappa shape index (κ3) is 1.87. The van der Waals surface area contributed by atoms with Crippen LogP contribution in [-0.2, 0) is 0 Å². The lowest BCUT2D eigenvalue weighted by atomic mass is 9.91. The smallest absolute Gasteiger partial charge is 0.0560 e. The molecule has 0 aliphatic carbocycles. The number of hydrogen-bond donors (Lipinski definition) is 2. The van der Waals surface area contributed by atoms with Gasteiger partial charge in [-0.2, -0.15) is 5.06 Å². The number of hydrogen-bond acceptors (Lipinski definition) is 3. The highest BCUT2D eigenvalue weighted by Crippen LogP contribution is 2.34. The van der Waals surface area contributed by atoms with Crippen LogP contribution in [0.2, 0.25) is 0 Å². The minimum absolute atomic E-state index is 0.0549. The molecule has 78 valence electrons. The fourth-order valence-corrected chi connectivity index (χ4v) is 2.15. The molecule has 13 heavy (non-hydrogen) atoms. The molecule has 1 heterocycles. The first-order valence-electron chi connectivity index (χ1n) is 5.03. The van der Waals surface area contributed by atoms with E-state index in [9.17, 15) is 5.21 Å². The summed E-state index contributed by atoms with van der Waals surface area (Å²) in [5.41, 5.74) is 5.55. The lowest BCUT2D eigenvalue weighted by molar-refractivity contribution is -0.224. The van der Waals surface area contributed by atoms with Gasteiger partial charge >= 0.3 is 0 Å². The van der Waals surface area contributed by atoms with E-state index in [-0.39, 0.29) is 17.1 Å². The van der Waals surface area contributed by atoms with Crippen LogP contribution in [0.1, 0.15) is 47.0 Å². The first-order chi connectivity index (χ1) is 5.78. The highest BCUT2D eigenvalue weighted by Gasteiger charge is 2.42. The van der Waals surface area contributed by atoms with Crippen LogP contribution in [0.15, 0.2) is 0 Å². The molecule has 0 bridgehead atoms. The Balaban J connectivity index is 2.92. The fraction of sp³-hybridized carbons (Fsp3) is 1.00. The quantitative estimate of drug-likeness (QED) is 0.606. The molecule has 1 saturated heterocycles. The highest BCUT2D eigenvalue weighted by molar-refractivity contribution is 4.97. The van der Waals surface area contributed by atoms with Crippen molar-refractivity contribution in [2.45, 2.75) is 64.1 Å². The average Bonchev–Trinajstić information content (AvgIpc) is 2.06. The maximum atomic E-state index is 10.1. The Hall–Kier alpha value is -0.120. The lowest BCUT2D eigenvalue weighted by Gasteiger charge is -2.44. The van der Waals surface area contributed by atoms with E-state index in [1.807, 2.05) is 13.8 Å². The van der Waals surface area contributed by atoms with Crippen LogP contribution in [0.4, 0.5) is 0 Å². The van der Waals surface area contributed by atoms with Crippen molar-refractivity contribution in [1.82, 2.24) is 5.06 Å². The summed E-state index contributed by atoms with van der Waals surface area (Å²) in [6.07, 6.45) is 3.09. The van der Waals surface area contributed by atoms with Crippen LogP contribution in [0.5, 0.6) is 0 Å². The molecular formula is C10H22N2O. The van der Waals surface area contributed by atoms with E-state index in [4.69, 9.17) is 5.73 Å². The molecule has 0 aromatic rings. The van der Waals surface area contributed by atoms with Gasteiger partial charge in [-0.3, -0.25) is 0 Å². The second kappa shape index (κ2) is 3.23. The SMILES string of the molecule is CC1(C)CCCC(N)C(C)(C)N1O. The van der Waals surface area contributed by atoms with Crippen molar-refractivity contribution in [3.63, 3.8) is 0 Å². The monoisotopic (exact) mass is 186 g/mol. The molecule has 3 N–H and O–H groups in total. The van der Waals surface area contributed by atoms with Crippen molar-refractivity contribution in [2.24, 2.45) is 5.73 Å². The lowest BCUT2D eigenvalue weighted by Crippen LogP contribution is -2.59. The minimum atomic E-state index is -0.319. The summed E-state index contributed by atoms with van der Waals surface area (Å²) in [5, 5.41) is 11.5. The standard InChI is InChI=1S/C10H22N2O/c1-9(2)7-5-6-8(11)10(3,4)12(9)13/h8,13H,5-7,11H2,1-4H3. The van der Waals surface area contributed by atoms with Crippen LogP contribution < -0.4 is 5.73 Å². The third-order valence-electron chi connectivity index (χ3n) is 3.33. The third-order valence-corrected chi connectivity index (χ3v) is 3.33. The van der Waals surface area contributed by atoms with Crippen LogP contribution >= 0.6 is 0 Å². The van der Waals surface area contributed by atoms with Crippen molar-refractivity contribution in [3.05, 3.63) is 0 Å². The van der Waals surface area contributed by atoms with Gasteiger partial charge < -0.3 is 10.9 Å². The maximum absolute atomic E-state index is 10.1. The average molecular weight is 186 g/mol. The van der Waals surface area contributed by atoms with E-state index in [1.165, 1.54) is 5.06 Å². The molecule has 3 nitrogen and oxygen atoms in total. The minimum Gasteiger partial charge on any atom is -0.326 e. The molecule has 0 aromatic carbocycles. The molecule has 1 unspecified atom stereocenters. The Morgan fingerprint density at radius 3 is 2.38 bits per heavy atom. The Kier molecular flexibility index (Phi) is 2.72. The summed E-state index contributed by atoms with van der Waals surface area (Å²) >= 11 is 0. The highest BCUT2D eigenvalue weighted by atomic mass is 16.5. The zero-order chi connectivity index (χ0) is 10.3. The zero-order valence-electron chi connectivity index (χ0n) is 9.17. The van der Waals surface area contributed by atoms with Crippen molar-refractivity contribution in [2.75, 3.05) is 0 Å². The Labute approximate surface area is 80.9 Å². The molecule has 0 spiro atoms. The van der Waals surface area contributed by atoms with Gasteiger partial charge in [0.2, 0.25) is 0 Å². The van der Waals surface area contributed by atoms with Crippen molar-refractivity contribution < 1.29 is 5.21 Å². The van der Waals surface area contributed by atoms with Gasteiger partial charge in [-0.05, 0) is 47.0 Å². The molecule has 0 radical (unpaired) electrons. The van der Waals surface area contributed by atoms with Gasteiger partial charge in [0.15, 0.2) is 0 Å². The number of nitrogens with zero attached hydrogens (tertiary/aromatic N) is 1. The van der Waals surface area contributed by atoms with Gasteiger partial charge in [-0.15, -0.1) is 0 Å². The van der Waals surface area contributed by atoms with E-state index in [0.717, 1.165) is 19.3 Å². The second-order valence-corrected chi connectivity index (χ2v) is 5.28. The van der Waals surface area contributed by atoms with Crippen LogP contribution in [-0.4, -0.2) is 27.4 Å². The summed E-state index contributed by atoms with van der Waals surface area (Å²) in [6, 6.07) is 0.0549. The number of nitrogens with two attached hydrogens (primary N) is 1. The normalized spacial score (nSPS) is 34.2. The molecule has 3 heteroatoms. The van der Waals surface area contributed by atoms with Gasteiger partial charge in [0.1, 0.15) is 0 Å². The predicted molar refractivity (Wildman–Crippen MR) is 53.6 cm³/mol. The summed E-state index contributed by atoms with van der Waals surface area (Å²) in [4.78, 5) is 0. The summed E-state index contributed by atoms with van der Waals surface area (Å²) in [6.45, 7) is 8.13. The van der Waals surface area contributed by atoms with Crippen LogP contribution in [0, 0.1) is 0 Å². The van der Waals surface area contributed by atoms with Crippen molar-refractivity contribution in [3.8, 4) is 0 Å². The molecular weight excluding hydrogens is 164 g/mol. The predicted octanol–water partition coefficient (Wildman–Crippen LogP) is 1.75. The molecule has 1 fully saturated rings. The molecule has 0 amide bonds. The number of rotatable bonds is 0. The van der Waals surface area contributed by atoms with Gasteiger partial charge in [0, 0.05) is 11.6 Å². The first-order valence-corrected chi connectivity index (χ1v) is 5.03. The molecule has 1 aliphatic rings. The molecule has 0 saturated carbocycles. The van der Waals surface area contributed by atoms with E-state index >= 15 is 0 Å². The summed E-state index contributed by atoms with van der Waals surface area (Å²) < 4.78 is 0. The molecule has 0 aromatic heterocycles. The Morgan fingerprint density at radius 1 is 1.31 bits per heavy atom. The van der Waals surface area contributed by atoms with Gasteiger partial charge in [0.05, 0.1) is 5.54 Å². The fourth-order valence-electron chi connectivity index (χ4n) is 2.15. The molecule has 1 aliphatic heterocycles. The summed E-state index contributed by atoms with van der Waals surface area (Å²) in [5.74, 6) is 0. The van der Waals surface area contributed by atoms with Crippen LogP contribution in [0.3, 0.4) is 0 Å². The molecule has 1 atom stereocenters. The van der Waals surface area contributed by atoms with Crippen LogP contribution in [0.25, 0.3) is 0 Å². The largest absolute Gasteiger partial charge is 0.326 e. The first kappa shape index (κ1) is 11.0. The van der Waals surface area contributed by atoms with Crippen molar-refractivity contribution >= 4 is 0 Å². The van der Waals surface area contributed by atoms with E-state index in [0.29, 0.717) is 0 Å². The Morgan fingerprint density at radius 2 is 1.85 bits per heavy atom. The van der Waals surface area contributed by atoms with E-state index in [2.05, 4.69) is 13.8 Å². The van der Waals surface area contributed by atoms with E-state index < -0.39 is 0 Å². The molecule has 1 rings (SSSR count). The topological polar surface area (TPSA) is 49.5 Å². The maximum Gasteiger partial charge on any atom is 0.0560 e. The summed E-state index contributed by atoms with van der Waals surface area (Å²) in [7, 11) is 0. The number of hydroxylamine groups is 2. The second-order valence-electron chi connectivity index (χ2n) is 5.28. The van der Waals surface area contributed by atoms with Gasteiger partial charge in [-0.1, -0.05) is 0 Å². The van der Waals surface area contributed by atoms with E-state index in [1.54, 1.807) is 0 Å². The van der Waals surface area contributed by atoms with Gasteiger partial charge in [-0.25, -0.2) is 0 Å². The van der Waals surface area contributed by atoms with Crippen molar-refractivity contribution in [1.29, 1.82) is 0 Å². The van der Waals surface area contributed by atoms with Gasteiger partial charge in [0.25, 0.3) is 0 Å².